The van der Waals surface area contributed by atoms with Crippen LogP contribution >= 0.6 is 0 Å². The van der Waals surface area contributed by atoms with Crippen molar-refractivity contribution in [1.29, 1.82) is 0 Å². The highest BCUT2D eigenvalue weighted by atomic mass is 32.2. The van der Waals surface area contributed by atoms with Crippen LogP contribution in [0, 0.1) is 0 Å². The third kappa shape index (κ3) is 5.92. The van der Waals surface area contributed by atoms with Crippen LogP contribution in [0.25, 0.3) is 0 Å². The first kappa shape index (κ1) is 21.1. The van der Waals surface area contributed by atoms with E-state index >= 15 is 0 Å². The molecule has 1 heterocycles. The Hall–Kier alpha value is -3.66. The lowest BCUT2D eigenvalue weighted by Gasteiger charge is -2.11. The number of nitrogens with zero attached hydrogens (tertiary/aromatic N) is 1. The lowest BCUT2D eigenvalue weighted by atomic mass is 10.3. The summed E-state index contributed by atoms with van der Waals surface area (Å²) in [5.74, 6) is 0.203. The van der Waals surface area contributed by atoms with E-state index in [-0.39, 0.29) is 16.3 Å². The van der Waals surface area contributed by atoms with Crippen LogP contribution in [-0.4, -0.2) is 26.3 Å². The SMILES string of the molecule is O=C(NCc1cccnc1)Nc1ccc(S(=O)(=O)Nc2cccc(OCF)c2)cc1. The van der Waals surface area contributed by atoms with Gasteiger partial charge in [-0.25, -0.2) is 17.6 Å². The van der Waals surface area contributed by atoms with Crippen LogP contribution in [0.3, 0.4) is 0 Å². The van der Waals surface area contributed by atoms with Crippen molar-refractivity contribution in [2.45, 2.75) is 11.4 Å². The van der Waals surface area contributed by atoms with Gasteiger partial charge in [0.15, 0.2) is 0 Å². The number of halogens is 1. The zero-order chi connectivity index (χ0) is 21.4. The highest BCUT2D eigenvalue weighted by Gasteiger charge is 2.15. The number of rotatable bonds is 8. The second kappa shape index (κ2) is 9.70. The van der Waals surface area contributed by atoms with E-state index in [1.807, 2.05) is 6.07 Å². The van der Waals surface area contributed by atoms with E-state index in [2.05, 4.69) is 20.3 Å². The van der Waals surface area contributed by atoms with E-state index in [1.54, 1.807) is 24.5 Å². The largest absolute Gasteiger partial charge is 0.463 e. The molecule has 0 atom stereocenters. The molecule has 2 amide bonds. The molecular formula is C20H19FN4O4S. The molecule has 0 aliphatic rings. The van der Waals surface area contributed by atoms with E-state index in [0.717, 1.165) is 5.56 Å². The minimum absolute atomic E-state index is 0.000584. The molecule has 0 saturated heterocycles. The summed E-state index contributed by atoms with van der Waals surface area (Å²) >= 11 is 0. The Morgan fingerprint density at radius 1 is 1.03 bits per heavy atom. The quantitative estimate of drug-likeness (QED) is 0.507. The van der Waals surface area contributed by atoms with Gasteiger partial charge in [-0.2, -0.15) is 0 Å². The molecule has 3 rings (SSSR count). The van der Waals surface area contributed by atoms with Gasteiger partial charge in [-0.3, -0.25) is 9.71 Å². The van der Waals surface area contributed by atoms with Crippen molar-refractivity contribution in [1.82, 2.24) is 10.3 Å². The van der Waals surface area contributed by atoms with Gasteiger partial charge < -0.3 is 15.4 Å². The maximum atomic E-state index is 12.5. The first-order chi connectivity index (χ1) is 14.5. The van der Waals surface area contributed by atoms with Crippen LogP contribution in [0.1, 0.15) is 5.56 Å². The first-order valence-corrected chi connectivity index (χ1v) is 10.3. The summed E-state index contributed by atoms with van der Waals surface area (Å²) in [6.45, 7) is -0.707. The lowest BCUT2D eigenvalue weighted by molar-refractivity contribution is 0.192. The fraction of sp³-hybridized carbons (Fsp3) is 0.100. The summed E-state index contributed by atoms with van der Waals surface area (Å²) in [6, 6.07) is 14.8. The lowest BCUT2D eigenvalue weighted by Crippen LogP contribution is -2.28. The molecule has 3 N–H and O–H groups in total. The monoisotopic (exact) mass is 430 g/mol. The second-order valence-corrected chi connectivity index (χ2v) is 7.76. The molecular weight excluding hydrogens is 411 g/mol. The Morgan fingerprint density at radius 2 is 1.83 bits per heavy atom. The van der Waals surface area contributed by atoms with Gasteiger partial charge in [0.2, 0.25) is 6.86 Å². The van der Waals surface area contributed by atoms with Gasteiger partial charge in [0.1, 0.15) is 5.75 Å². The summed E-state index contributed by atoms with van der Waals surface area (Å²) in [7, 11) is -3.87. The van der Waals surface area contributed by atoms with Crippen molar-refractivity contribution >= 4 is 27.4 Å². The molecule has 3 aromatic rings. The molecule has 30 heavy (non-hydrogen) atoms. The summed E-state index contributed by atoms with van der Waals surface area (Å²) in [4.78, 5) is 15.9. The molecule has 0 saturated carbocycles. The van der Waals surface area contributed by atoms with Gasteiger partial charge in [0.25, 0.3) is 10.0 Å². The number of urea groups is 1. The Kier molecular flexibility index (Phi) is 6.81. The second-order valence-electron chi connectivity index (χ2n) is 6.08. The van der Waals surface area contributed by atoms with Crippen LogP contribution < -0.4 is 20.1 Å². The zero-order valence-electron chi connectivity index (χ0n) is 15.7. The number of nitrogens with one attached hydrogen (secondary N) is 3. The van der Waals surface area contributed by atoms with Gasteiger partial charge in [-0.1, -0.05) is 12.1 Å². The number of hydrogen-bond acceptors (Lipinski definition) is 5. The normalized spacial score (nSPS) is 10.8. The summed E-state index contributed by atoms with van der Waals surface area (Å²) in [6.07, 6.45) is 3.29. The third-order valence-corrected chi connectivity index (χ3v) is 5.30. The average molecular weight is 430 g/mol. The smallest absolute Gasteiger partial charge is 0.319 e. The van der Waals surface area contributed by atoms with Crippen molar-refractivity contribution < 1.29 is 22.3 Å². The molecule has 10 heteroatoms. The number of sulfonamides is 1. The summed E-state index contributed by atoms with van der Waals surface area (Å²) < 4.78 is 44.5. The number of amides is 2. The number of hydrogen-bond donors (Lipinski definition) is 3. The van der Waals surface area contributed by atoms with Gasteiger partial charge >= 0.3 is 6.03 Å². The van der Waals surface area contributed by atoms with E-state index in [0.29, 0.717) is 12.2 Å². The van der Waals surface area contributed by atoms with E-state index < -0.39 is 22.9 Å². The molecule has 0 aliphatic heterocycles. The topological polar surface area (TPSA) is 109 Å². The Morgan fingerprint density at radius 3 is 2.53 bits per heavy atom. The van der Waals surface area contributed by atoms with Crippen molar-refractivity contribution in [2.24, 2.45) is 0 Å². The number of ether oxygens (including phenoxy) is 1. The van der Waals surface area contributed by atoms with Gasteiger partial charge in [0.05, 0.1) is 10.6 Å². The van der Waals surface area contributed by atoms with Gasteiger partial charge in [0, 0.05) is 30.7 Å². The number of carbonyl (C=O) groups excluding carboxylic acids is 1. The minimum Gasteiger partial charge on any atom is -0.463 e. The minimum atomic E-state index is -3.87. The Bertz CT molecular complexity index is 1090. The number of aromatic nitrogens is 1. The van der Waals surface area contributed by atoms with Crippen LogP contribution in [0.15, 0.2) is 78.0 Å². The maximum absolute atomic E-state index is 12.5. The van der Waals surface area contributed by atoms with E-state index in [9.17, 15) is 17.6 Å². The average Bonchev–Trinajstić information content (AvgIpc) is 2.74. The number of pyridine rings is 1. The summed E-state index contributed by atoms with van der Waals surface area (Å²) in [5, 5.41) is 5.31. The number of anilines is 2. The number of carbonyl (C=O) groups is 1. The predicted molar refractivity (Wildman–Crippen MR) is 110 cm³/mol. The number of benzene rings is 2. The molecule has 0 fully saturated rings. The van der Waals surface area contributed by atoms with Gasteiger partial charge in [-0.15, -0.1) is 0 Å². The van der Waals surface area contributed by atoms with Crippen LogP contribution in [0.4, 0.5) is 20.6 Å². The van der Waals surface area contributed by atoms with Crippen LogP contribution in [0.2, 0.25) is 0 Å². The fourth-order valence-electron chi connectivity index (χ4n) is 2.50. The molecule has 0 aliphatic carbocycles. The maximum Gasteiger partial charge on any atom is 0.319 e. The molecule has 8 nitrogen and oxygen atoms in total. The van der Waals surface area contributed by atoms with Crippen molar-refractivity contribution in [3.63, 3.8) is 0 Å². The molecule has 0 bridgehead atoms. The van der Waals surface area contributed by atoms with Crippen molar-refractivity contribution in [3.05, 3.63) is 78.6 Å². The standard InChI is InChI=1S/C20H19FN4O4S/c21-14-29-18-5-1-4-17(11-18)25-30(27,28)19-8-6-16(7-9-19)24-20(26)23-13-15-3-2-10-22-12-15/h1-12,25H,13-14H2,(H2,23,24,26). The fourth-order valence-corrected chi connectivity index (χ4v) is 3.55. The van der Waals surface area contributed by atoms with Crippen molar-refractivity contribution in [3.8, 4) is 5.75 Å². The molecule has 0 spiro atoms. The predicted octanol–water partition coefficient (Wildman–Crippen LogP) is 3.51. The van der Waals surface area contributed by atoms with Crippen LogP contribution in [-0.2, 0) is 16.6 Å². The highest BCUT2D eigenvalue weighted by molar-refractivity contribution is 7.92. The van der Waals surface area contributed by atoms with Gasteiger partial charge in [-0.05, 0) is 48.0 Å². The molecule has 0 radical (unpaired) electrons. The summed E-state index contributed by atoms with van der Waals surface area (Å²) in [5.41, 5.74) is 1.51. The third-order valence-electron chi connectivity index (χ3n) is 3.91. The molecule has 2 aromatic carbocycles. The van der Waals surface area contributed by atoms with Crippen molar-refractivity contribution in [2.75, 3.05) is 16.9 Å². The molecule has 0 unspecified atom stereocenters. The van der Waals surface area contributed by atoms with E-state index in [4.69, 9.17) is 4.74 Å². The molecule has 1 aromatic heterocycles. The Balaban J connectivity index is 1.60. The Labute approximate surface area is 173 Å². The highest BCUT2D eigenvalue weighted by Crippen LogP contribution is 2.22. The first-order valence-electron chi connectivity index (χ1n) is 8.82. The molecule has 156 valence electrons. The zero-order valence-corrected chi connectivity index (χ0v) is 16.5. The van der Waals surface area contributed by atoms with Crippen LogP contribution in [0.5, 0.6) is 5.75 Å². The number of alkyl halides is 1. The van der Waals surface area contributed by atoms with E-state index in [1.165, 1.54) is 42.5 Å².